The van der Waals surface area contributed by atoms with E-state index in [4.69, 9.17) is 14.0 Å². The molecule has 21 heavy (non-hydrogen) atoms. The Morgan fingerprint density at radius 1 is 1.19 bits per heavy atom. The summed E-state index contributed by atoms with van der Waals surface area (Å²) in [6.45, 7) is 1.69. The number of nitrogens with one attached hydrogen (secondary N) is 2. The first-order valence-corrected chi connectivity index (χ1v) is 6.61. The standard InChI is InChI=1S/C14H15N3O4/c18-14(9-15-8-11-3-4-16-21-11)17-10-1-2-12-13(7-10)20-6-5-19-12/h1-4,7,15H,5-6,8-9H2,(H,17,18). The Bertz CT molecular complexity index is 613. The van der Waals surface area contributed by atoms with Gasteiger partial charge < -0.3 is 24.6 Å². The molecule has 0 bridgehead atoms. The smallest absolute Gasteiger partial charge is 0.238 e. The van der Waals surface area contributed by atoms with Gasteiger partial charge in [-0.15, -0.1) is 0 Å². The number of hydrogen-bond acceptors (Lipinski definition) is 6. The molecular weight excluding hydrogens is 274 g/mol. The van der Waals surface area contributed by atoms with E-state index in [1.54, 1.807) is 30.5 Å². The third-order valence-electron chi connectivity index (χ3n) is 2.90. The molecule has 0 saturated carbocycles. The van der Waals surface area contributed by atoms with Crippen LogP contribution >= 0.6 is 0 Å². The Morgan fingerprint density at radius 2 is 2.05 bits per heavy atom. The number of anilines is 1. The summed E-state index contributed by atoms with van der Waals surface area (Å²) in [7, 11) is 0. The van der Waals surface area contributed by atoms with Crippen LogP contribution in [0.1, 0.15) is 5.76 Å². The number of hydrogen-bond donors (Lipinski definition) is 2. The maximum atomic E-state index is 11.8. The van der Waals surface area contributed by atoms with Gasteiger partial charge in [0.2, 0.25) is 5.91 Å². The van der Waals surface area contributed by atoms with Gasteiger partial charge in [-0.1, -0.05) is 5.16 Å². The zero-order chi connectivity index (χ0) is 14.5. The summed E-state index contributed by atoms with van der Waals surface area (Å²) in [6.07, 6.45) is 1.56. The second-order valence-corrected chi connectivity index (χ2v) is 4.49. The van der Waals surface area contributed by atoms with Gasteiger partial charge in [0.1, 0.15) is 19.0 Å². The third kappa shape index (κ3) is 3.51. The first-order valence-electron chi connectivity index (χ1n) is 6.61. The van der Waals surface area contributed by atoms with E-state index in [0.717, 1.165) is 0 Å². The van der Waals surface area contributed by atoms with E-state index in [1.165, 1.54) is 0 Å². The first-order chi connectivity index (χ1) is 10.3. The van der Waals surface area contributed by atoms with Crippen molar-refractivity contribution in [3.8, 4) is 11.5 Å². The number of nitrogens with zero attached hydrogens (tertiary/aromatic N) is 1. The average Bonchev–Trinajstić information content (AvgIpc) is 3.00. The minimum absolute atomic E-state index is 0.147. The van der Waals surface area contributed by atoms with Crippen LogP contribution in [0, 0.1) is 0 Å². The lowest BCUT2D eigenvalue weighted by Gasteiger charge is -2.19. The average molecular weight is 289 g/mol. The van der Waals surface area contributed by atoms with E-state index in [0.29, 0.717) is 42.7 Å². The molecule has 1 aromatic carbocycles. The summed E-state index contributed by atoms with van der Waals surface area (Å²) in [4.78, 5) is 11.8. The van der Waals surface area contributed by atoms with Crippen molar-refractivity contribution >= 4 is 11.6 Å². The second-order valence-electron chi connectivity index (χ2n) is 4.49. The molecule has 0 unspecified atom stereocenters. The molecule has 0 fully saturated rings. The van der Waals surface area contributed by atoms with Crippen molar-refractivity contribution < 1.29 is 18.8 Å². The third-order valence-corrected chi connectivity index (χ3v) is 2.90. The number of aromatic nitrogens is 1. The van der Waals surface area contributed by atoms with Crippen molar-refractivity contribution in [2.24, 2.45) is 0 Å². The predicted octanol–water partition coefficient (Wildman–Crippen LogP) is 1.17. The highest BCUT2D eigenvalue weighted by atomic mass is 16.6. The predicted molar refractivity (Wildman–Crippen MR) is 74.3 cm³/mol. The molecule has 1 aliphatic heterocycles. The highest BCUT2D eigenvalue weighted by molar-refractivity contribution is 5.92. The van der Waals surface area contributed by atoms with Gasteiger partial charge in [-0.2, -0.15) is 0 Å². The van der Waals surface area contributed by atoms with Crippen LogP contribution in [0.4, 0.5) is 5.69 Å². The van der Waals surface area contributed by atoms with E-state index in [9.17, 15) is 4.79 Å². The summed E-state index contributed by atoms with van der Waals surface area (Å²) in [5, 5.41) is 9.34. The summed E-state index contributed by atoms with van der Waals surface area (Å²) in [6, 6.07) is 7.06. The van der Waals surface area contributed by atoms with Crippen molar-refractivity contribution in [1.82, 2.24) is 10.5 Å². The van der Waals surface area contributed by atoms with Gasteiger partial charge in [0, 0.05) is 17.8 Å². The van der Waals surface area contributed by atoms with Gasteiger partial charge in [0.05, 0.1) is 19.3 Å². The summed E-state index contributed by atoms with van der Waals surface area (Å²) in [5.74, 6) is 1.88. The van der Waals surface area contributed by atoms with Gasteiger partial charge in [-0.25, -0.2) is 0 Å². The van der Waals surface area contributed by atoms with Gasteiger partial charge in [0.25, 0.3) is 0 Å². The molecule has 2 heterocycles. The Kier molecular flexibility index (Phi) is 4.02. The molecule has 2 aromatic rings. The number of rotatable bonds is 5. The largest absolute Gasteiger partial charge is 0.486 e. The fourth-order valence-electron chi connectivity index (χ4n) is 1.96. The molecule has 1 aliphatic rings. The van der Waals surface area contributed by atoms with Crippen molar-refractivity contribution in [1.29, 1.82) is 0 Å². The Balaban J connectivity index is 1.50. The van der Waals surface area contributed by atoms with Gasteiger partial charge in [-0.05, 0) is 12.1 Å². The van der Waals surface area contributed by atoms with E-state index >= 15 is 0 Å². The summed E-state index contributed by atoms with van der Waals surface area (Å²) >= 11 is 0. The zero-order valence-corrected chi connectivity index (χ0v) is 11.3. The van der Waals surface area contributed by atoms with E-state index in [2.05, 4.69) is 15.8 Å². The molecule has 1 amide bonds. The molecular formula is C14H15N3O4. The normalized spacial score (nSPS) is 13.0. The fourth-order valence-corrected chi connectivity index (χ4v) is 1.96. The first kappa shape index (κ1) is 13.4. The monoisotopic (exact) mass is 289 g/mol. The number of fused-ring (bicyclic) bond motifs is 1. The molecule has 1 aromatic heterocycles. The van der Waals surface area contributed by atoms with E-state index in [-0.39, 0.29) is 12.5 Å². The van der Waals surface area contributed by atoms with Crippen molar-refractivity contribution in [3.05, 3.63) is 36.2 Å². The molecule has 0 radical (unpaired) electrons. The quantitative estimate of drug-likeness (QED) is 0.859. The number of benzene rings is 1. The van der Waals surface area contributed by atoms with Crippen LogP contribution in [0.15, 0.2) is 35.0 Å². The Morgan fingerprint density at radius 3 is 2.86 bits per heavy atom. The van der Waals surface area contributed by atoms with Crippen LogP contribution < -0.4 is 20.1 Å². The van der Waals surface area contributed by atoms with Crippen LogP contribution in [-0.4, -0.2) is 30.8 Å². The lowest BCUT2D eigenvalue weighted by molar-refractivity contribution is -0.115. The highest BCUT2D eigenvalue weighted by Crippen LogP contribution is 2.32. The van der Waals surface area contributed by atoms with Crippen LogP contribution in [0.5, 0.6) is 11.5 Å². The van der Waals surface area contributed by atoms with Crippen LogP contribution in [-0.2, 0) is 11.3 Å². The van der Waals surface area contributed by atoms with Crippen molar-refractivity contribution in [3.63, 3.8) is 0 Å². The van der Waals surface area contributed by atoms with Gasteiger partial charge >= 0.3 is 0 Å². The molecule has 0 saturated heterocycles. The maximum absolute atomic E-state index is 11.8. The molecule has 0 spiro atoms. The highest BCUT2D eigenvalue weighted by Gasteiger charge is 2.12. The van der Waals surface area contributed by atoms with Gasteiger partial charge in [0.15, 0.2) is 11.5 Å². The van der Waals surface area contributed by atoms with E-state index in [1.807, 2.05) is 0 Å². The fraction of sp³-hybridized carbons (Fsp3) is 0.286. The van der Waals surface area contributed by atoms with Crippen LogP contribution in [0.2, 0.25) is 0 Å². The SMILES string of the molecule is O=C(CNCc1ccno1)Nc1ccc2c(c1)OCCO2. The lowest BCUT2D eigenvalue weighted by atomic mass is 10.2. The number of carbonyl (C=O) groups is 1. The second kappa shape index (κ2) is 6.27. The summed E-state index contributed by atoms with van der Waals surface area (Å²) < 4.78 is 15.8. The van der Waals surface area contributed by atoms with Crippen molar-refractivity contribution in [2.75, 3.05) is 25.1 Å². The van der Waals surface area contributed by atoms with Crippen LogP contribution in [0.25, 0.3) is 0 Å². The van der Waals surface area contributed by atoms with Gasteiger partial charge in [-0.3, -0.25) is 4.79 Å². The molecule has 7 heteroatoms. The van der Waals surface area contributed by atoms with Crippen molar-refractivity contribution in [2.45, 2.75) is 6.54 Å². The lowest BCUT2D eigenvalue weighted by Crippen LogP contribution is -2.27. The molecule has 2 N–H and O–H groups in total. The molecule has 3 rings (SSSR count). The molecule has 110 valence electrons. The number of carbonyl (C=O) groups excluding carboxylic acids is 1. The Labute approximate surface area is 121 Å². The molecule has 7 nitrogen and oxygen atoms in total. The minimum Gasteiger partial charge on any atom is -0.486 e. The van der Waals surface area contributed by atoms with Crippen LogP contribution in [0.3, 0.4) is 0 Å². The maximum Gasteiger partial charge on any atom is 0.238 e. The zero-order valence-electron chi connectivity index (χ0n) is 11.3. The molecule has 0 aliphatic carbocycles. The van der Waals surface area contributed by atoms with E-state index < -0.39 is 0 Å². The minimum atomic E-state index is -0.147. The number of amides is 1. The molecule has 0 atom stereocenters. The topological polar surface area (TPSA) is 85.6 Å². The summed E-state index contributed by atoms with van der Waals surface area (Å²) in [5.41, 5.74) is 0.672. The number of ether oxygens (including phenoxy) is 2. The Hall–Kier alpha value is -2.54.